The third kappa shape index (κ3) is 4.69. The molecule has 0 unspecified atom stereocenters. The first-order valence-corrected chi connectivity index (χ1v) is 20.5. The summed E-state index contributed by atoms with van der Waals surface area (Å²) >= 11 is 0. The summed E-state index contributed by atoms with van der Waals surface area (Å²) in [5.41, 5.74) is 14.7. The van der Waals surface area contributed by atoms with Crippen LogP contribution in [0.2, 0.25) is 0 Å². The maximum absolute atomic E-state index is 2.44. The lowest BCUT2D eigenvalue weighted by molar-refractivity contribution is 0.827. The van der Waals surface area contributed by atoms with Crippen molar-refractivity contribution in [1.29, 1.82) is 0 Å². The molecule has 8 aromatic carbocycles. The fourth-order valence-corrected chi connectivity index (χ4v) is 9.98. The summed E-state index contributed by atoms with van der Waals surface area (Å²) in [5.74, 6) is 0. The maximum Gasteiger partial charge on any atom is 0.0541 e. The van der Waals surface area contributed by atoms with Crippen LogP contribution in [0.3, 0.4) is 0 Å². The zero-order valence-corrected chi connectivity index (χ0v) is 32.5. The smallest absolute Gasteiger partial charge is 0.0541 e. The molecule has 0 amide bonds. The quantitative estimate of drug-likeness (QED) is 0.151. The number of hydrogen-bond acceptors (Lipinski definition) is 0. The van der Waals surface area contributed by atoms with Crippen molar-refractivity contribution in [3.8, 4) is 11.4 Å². The zero-order chi connectivity index (χ0) is 38.5. The third-order valence-corrected chi connectivity index (χ3v) is 12.5. The molecule has 4 aromatic heterocycles. The lowest BCUT2D eigenvalue weighted by Gasteiger charge is -2.09. The molecule has 0 fully saturated rings. The van der Waals surface area contributed by atoms with Gasteiger partial charge in [-0.25, -0.2) is 0 Å². The number of aromatic nitrogens is 4. The first-order valence-electron chi connectivity index (χ1n) is 20.5. The Labute approximate surface area is 335 Å². The van der Waals surface area contributed by atoms with Crippen molar-refractivity contribution >= 4 is 99.4 Å². The molecule has 0 radical (unpaired) electrons. The van der Waals surface area contributed by atoms with Crippen LogP contribution in [0.15, 0.2) is 170 Å². The van der Waals surface area contributed by atoms with Crippen LogP contribution in [0.5, 0.6) is 0 Å². The summed E-state index contributed by atoms with van der Waals surface area (Å²) in [5, 5.41) is 10.2. The number of aryl methyl sites for hydroxylation is 2. The molecule has 58 heavy (non-hydrogen) atoms. The fourth-order valence-electron chi connectivity index (χ4n) is 9.98. The first-order chi connectivity index (χ1) is 28.7. The highest BCUT2D eigenvalue weighted by Crippen LogP contribution is 2.38. The minimum absolute atomic E-state index is 0.911. The molecule has 12 rings (SSSR count). The number of benzene rings is 8. The van der Waals surface area contributed by atoms with Crippen LogP contribution in [0.4, 0.5) is 0 Å². The normalized spacial score (nSPS) is 12.4. The predicted octanol–water partition coefficient (Wildman–Crippen LogP) is 14.3. The molecule has 4 heterocycles. The molecule has 0 spiro atoms. The van der Waals surface area contributed by atoms with E-state index in [0.29, 0.717) is 0 Å². The van der Waals surface area contributed by atoms with Crippen molar-refractivity contribution in [2.24, 2.45) is 0 Å². The minimum atomic E-state index is 0.911. The average Bonchev–Trinajstić information content (AvgIpc) is 3.99. The Bertz CT molecular complexity index is 3310. The van der Waals surface area contributed by atoms with E-state index in [0.717, 1.165) is 13.1 Å². The second-order valence-corrected chi connectivity index (χ2v) is 15.5. The summed E-state index contributed by atoms with van der Waals surface area (Å²) in [6.45, 7) is 6.30. The minimum Gasteiger partial charge on any atom is -0.341 e. The molecule has 0 aliphatic carbocycles. The number of para-hydroxylation sites is 4. The molecule has 0 bridgehead atoms. The van der Waals surface area contributed by atoms with Gasteiger partial charge in [0.2, 0.25) is 0 Å². The first kappa shape index (κ1) is 32.9. The van der Waals surface area contributed by atoms with E-state index >= 15 is 0 Å². The molecule has 0 N–H and O–H groups in total. The van der Waals surface area contributed by atoms with Gasteiger partial charge in [0, 0.05) is 89.6 Å². The highest BCUT2D eigenvalue weighted by Gasteiger charge is 2.17. The molecular weight excluding hydrogens is 705 g/mol. The molecule has 0 aliphatic rings. The molecular formula is C54H40N4. The molecule has 12 aromatic rings. The van der Waals surface area contributed by atoms with Gasteiger partial charge in [0.25, 0.3) is 0 Å². The van der Waals surface area contributed by atoms with Crippen molar-refractivity contribution in [1.82, 2.24) is 18.3 Å². The third-order valence-electron chi connectivity index (χ3n) is 12.5. The van der Waals surface area contributed by atoms with E-state index in [9.17, 15) is 0 Å². The maximum atomic E-state index is 2.44. The van der Waals surface area contributed by atoms with E-state index in [2.05, 4.69) is 214 Å². The Morgan fingerprint density at radius 1 is 0.310 bits per heavy atom. The van der Waals surface area contributed by atoms with Gasteiger partial charge in [-0.05, 0) is 110 Å². The van der Waals surface area contributed by atoms with Gasteiger partial charge in [-0.2, -0.15) is 0 Å². The van der Waals surface area contributed by atoms with E-state index < -0.39 is 0 Å². The van der Waals surface area contributed by atoms with Crippen LogP contribution in [0.1, 0.15) is 25.0 Å². The SMILES string of the molecule is CCn1c2ccc(/C=C/c3ccc4c(c3)c3cc(-n5c6ccccc6c6ccccc65)ccc3n4CC)cc2c2cc(-n3c4ccccc4c4ccccc43)ccc21. The van der Waals surface area contributed by atoms with Gasteiger partial charge in [0.15, 0.2) is 0 Å². The Morgan fingerprint density at radius 3 is 0.966 bits per heavy atom. The van der Waals surface area contributed by atoms with Crippen LogP contribution in [-0.2, 0) is 13.1 Å². The van der Waals surface area contributed by atoms with E-state index in [1.165, 1.54) is 110 Å². The van der Waals surface area contributed by atoms with Crippen molar-refractivity contribution in [3.05, 3.63) is 181 Å². The topological polar surface area (TPSA) is 19.7 Å². The van der Waals surface area contributed by atoms with Crippen molar-refractivity contribution in [3.63, 3.8) is 0 Å². The predicted molar refractivity (Wildman–Crippen MR) is 248 cm³/mol. The standard InChI is InChI=1S/C54H40N4/c1-3-55-47-27-23-35(31-43(47)45-33-37(25-29-49(45)55)57-51-17-9-5-13-39(51)40-14-6-10-18-52(40)57)21-22-36-24-28-48-44(32-36)46-34-38(26-30-50(46)56(48)4-2)58-53-19-11-7-15-41(53)42-16-8-12-20-54(42)58/h5-34H,3-4H2,1-2H3/b22-21+. The van der Waals surface area contributed by atoms with Crippen molar-refractivity contribution < 1.29 is 0 Å². The lowest BCUT2D eigenvalue weighted by atomic mass is 10.1. The second kappa shape index (κ2) is 12.6. The summed E-state index contributed by atoms with van der Waals surface area (Å²) in [7, 11) is 0. The van der Waals surface area contributed by atoms with Crippen LogP contribution < -0.4 is 0 Å². The second-order valence-electron chi connectivity index (χ2n) is 15.5. The molecule has 276 valence electrons. The Hall–Kier alpha value is -7.30. The van der Waals surface area contributed by atoms with Crippen LogP contribution >= 0.6 is 0 Å². The summed E-state index contributed by atoms with van der Waals surface area (Å²) in [6.07, 6.45) is 4.55. The van der Waals surface area contributed by atoms with Gasteiger partial charge in [-0.1, -0.05) is 97.1 Å². The molecule has 0 saturated heterocycles. The van der Waals surface area contributed by atoms with Crippen LogP contribution in [-0.4, -0.2) is 18.3 Å². The largest absolute Gasteiger partial charge is 0.341 e. The average molecular weight is 745 g/mol. The zero-order valence-electron chi connectivity index (χ0n) is 32.5. The number of rotatable bonds is 6. The van der Waals surface area contributed by atoms with Crippen molar-refractivity contribution in [2.75, 3.05) is 0 Å². The number of fused-ring (bicyclic) bond motifs is 12. The lowest BCUT2D eigenvalue weighted by Crippen LogP contribution is -1.95. The van der Waals surface area contributed by atoms with Gasteiger partial charge in [-0.3, -0.25) is 0 Å². The van der Waals surface area contributed by atoms with Gasteiger partial charge in [-0.15, -0.1) is 0 Å². The van der Waals surface area contributed by atoms with E-state index in [1.807, 2.05) is 0 Å². The van der Waals surface area contributed by atoms with Gasteiger partial charge >= 0.3 is 0 Å². The highest BCUT2D eigenvalue weighted by molar-refractivity contribution is 6.14. The van der Waals surface area contributed by atoms with Crippen LogP contribution in [0, 0.1) is 0 Å². The fraction of sp³-hybridized carbons (Fsp3) is 0.0741. The molecule has 4 heteroatoms. The summed E-state index contributed by atoms with van der Waals surface area (Å²) in [6, 6.07) is 62.8. The van der Waals surface area contributed by atoms with Gasteiger partial charge in [0.1, 0.15) is 0 Å². The summed E-state index contributed by atoms with van der Waals surface area (Å²) < 4.78 is 9.72. The Morgan fingerprint density at radius 2 is 0.621 bits per heavy atom. The molecule has 0 saturated carbocycles. The molecule has 0 atom stereocenters. The summed E-state index contributed by atoms with van der Waals surface area (Å²) in [4.78, 5) is 0. The van der Waals surface area contributed by atoms with Gasteiger partial charge < -0.3 is 18.3 Å². The highest BCUT2D eigenvalue weighted by atomic mass is 15.0. The van der Waals surface area contributed by atoms with E-state index in [4.69, 9.17) is 0 Å². The van der Waals surface area contributed by atoms with Gasteiger partial charge in [0.05, 0.1) is 22.1 Å². The molecule has 4 nitrogen and oxygen atoms in total. The van der Waals surface area contributed by atoms with E-state index in [-0.39, 0.29) is 0 Å². The molecule has 0 aliphatic heterocycles. The number of hydrogen-bond donors (Lipinski definition) is 0. The van der Waals surface area contributed by atoms with Crippen LogP contribution in [0.25, 0.3) is 111 Å². The Kier molecular flexibility index (Phi) is 7.15. The van der Waals surface area contributed by atoms with E-state index in [1.54, 1.807) is 0 Å². The van der Waals surface area contributed by atoms with Crippen molar-refractivity contribution in [2.45, 2.75) is 26.9 Å². The number of nitrogens with zero attached hydrogens (tertiary/aromatic N) is 4. The Balaban J connectivity index is 0.971. The monoisotopic (exact) mass is 744 g/mol.